The van der Waals surface area contributed by atoms with Crippen LogP contribution < -0.4 is 5.43 Å². The lowest BCUT2D eigenvalue weighted by molar-refractivity contribution is -0.384. The second-order valence-corrected chi connectivity index (χ2v) is 4.66. The number of nitrogens with one attached hydrogen (secondary N) is 1. The van der Waals surface area contributed by atoms with E-state index in [1.165, 1.54) is 12.1 Å². The minimum Gasteiger partial charge on any atom is -0.278 e. The van der Waals surface area contributed by atoms with E-state index in [4.69, 9.17) is 0 Å². The molecule has 0 radical (unpaired) electrons. The molecule has 1 saturated carbocycles. The molecule has 0 heterocycles. The highest BCUT2D eigenvalue weighted by Crippen LogP contribution is 2.40. The molecular formula is C13H13N3O2. The van der Waals surface area contributed by atoms with Gasteiger partial charge in [0.2, 0.25) is 0 Å². The van der Waals surface area contributed by atoms with Crippen molar-refractivity contribution < 1.29 is 4.92 Å². The predicted octanol–water partition coefficient (Wildman–Crippen LogP) is 2.96. The third-order valence-electron chi connectivity index (χ3n) is 3.55. The quantitative estimate of drug-likeness (QED) is 0.504. The summed E-state index contributed by atoms with van der Waals surface area (Å²) in [7, 11) is 0. The van der Waals surface area contributed by atoms with Crippen molar-refractivity contribution in [2.24, 2.45) is 16.9 Å². The van der Waals surface area contributed by atoms with Gasteiger partial charge in [-0.25, -0.2) is 0 Å². The van der Waals surface area contributed by atoms with Crippen molar-refractivity contribution in [3.63, 3.8) is 0 Å². The van der Waals surface area contributed by atoms with Crippen LogP contribution in [0.4, 0.5) is 11.4 Å². The molecule has 0 spiro atoms. The number of non-ortho nitro benzene ring substituents is 1. The van der Waals surface area contributed by atoms with Crippen molar-refractivity contribution in [1.29, 1.82) is 0 Å². The lowest BCUT2D eigenvalue weighted by atomic mass is 9.74. The molecule has 5 heteroatoms. The third-order valence-corrected chi connectivity index (χ3v) is 3.55. The van der Waals surface area contributed by atoms with Gasteiger partial charge in [-0.15, -0.1) is 0 Å². The van der Waals surface area contributed by atoms with Gasteiger partial charge in [0.15, 0.2) is 0 Å². The highest BCUT2D eigenvalue weighted by atomic mass is 16.6. The topological polar surface area (TPSA) is 67.5 Å². The first-order valence-corrected chi connectivity index (χ1v) is 5.97. The summed E-state index contributed by atoms with van der Waals surface area (Å²) in [5.41, 5.74) is 4.81. The first kappa shape index (κ1) is 11.0. The van der Waals surface area contributed by atoms with Crippen molar-refractivity contribution >= 4 is 17.1 Å². The van der Waals surface area contributed by atoms with Gasteiger partial charge in [-0.2, -0.15) is 5.10 Å². The summed E-state index contributed by atoms with van der Waals surface area (Å²) in [4.78, 5) is 10.2. The van der Waals surface area contributed by atoms with E-state index in [-0.39, 0.29) is 5.69 Å². The van der Waals surface area contributed by atoms with Gasteiger partial charge in [-0.3, -0.25) is 15.5 Å². The number of hydrazone groups is 1. The van der Waals surface area contributed by atoms with E-state index in [9.17, 15) is 10.1 Å². The minimum atomic E-state index is -0.404. The molecule has 18 heavy (non-hydrogen) atoms. The van der Waals surface area contributed by atoms with E-state index < -0.39 is 4.92 Å². The van der Waals surface area contributed by atoms with Crippen LogP contribution in [-0.2, 0) is 0 Å². The molecule has 2 aliphatic carbocycles. The predicted molar refractivity (Wildman–Crippen MR) is 69.5 cm³/mol. The Labute approximate surface area is 104 Å². The monoisotopic (exact) mass is 243 g/mol. The smallest absolute Gasteiger partial charge is 0.271 e. The molecule has 1 N–H and O–H groups in total. The molecule has 1 aromatic carbocycles. The maximum absolute atomic E-state index is 10.6. The number of allylic oxidation sites excluding steroid dienone is 2. The number of nitrogens with zero attached hydrogens (tertiary/aromatic N) is 2. The lowest BCUT2D eigenvalue weighted by Crippen LogP contribution is -2.33. The van der Waals surface area contributed by atoms with Crippen LogP contribution in [0.1, 0.15) is 12.8 Å². The van der Waals surface area contributed by atoms with Gasteiger partial charge in [-0.1, -0.05) is 18.2 Å². The first-order chi connectivity index (χ1) is 8.74. The molecule has 2 atom stereocenters. The molecule has 3 rings (SSSR count). The standard InChI is InChI=1S/C13H13N3O2/c17-16(18)11-5-2-4-10(8-11)14-15-13-7-9-3-1-6-12(9)13/h1-5,8-9,12,14H,6-7H2/b15-13-/t9-,12-/m1/s1. The molecule has 1 aromatic rings. The minimum absolute atomic E-state index is 0.0780. The second kappa shape index (κ2) is 4.25. The summed E-state index contributed by atoms with van der Waals surface area (Å²) in [5.74, 6) is 1.21. The first-order valence-electron chi connectivity index (χ1n) is 5.97. The number of nitro benzene ring substituents is 1. The fraction of sp³-hybridized carbons (Fsp3) is 0.308. The second-order valence-electron chi connectivity index (χ2n) is 4.66. The molecule has 1 fully saturated rings. The number of anilines is 1. The Balaban J connectivity index is 1.68. The maximum Gasteiger partial charge on any atom is 0.271 e. The Bertz CT molecular complexity index is 551. The van der Waals surface area contributed by atoms with Gasteiger partial charge in [0.1, 0.15) is 0 Å². The number of hydrogen-bond acceptors (Lipinski definition) is 4. The van der Waals surface area contributed by atoms with Crippen LogP contribution in [0.25, 0.3) is 0 Å². The lowest BCUT2D eigenvalue weighted by Gasteiger charge is -2.31. The molecule has 0 amide bonds. The van der Waals surface area contributed by atoms with Gasteiger partial charge in [0.25, 0.3) is 5.69 Å². The zero-order chi connectivity index (χ0) is 12.5. The van der Waals surface area contributed by atoms with Gasteiger partial charge in [0.05, 0.1) is 10.6 Å². The summed E-state index contributed by atoms with van der Waals surface area (Å²) in [6.07, 6.45) is 6.52. The molecule has 0 aliphatic heterocycles. The Morgan fingerprint density at radius 2 is 2.33 bits per heavy atom. The molecule has 2 aliphatic rings. The zero-order valence-corrected chi connectivity index (χ0v) is 9.74. The van der Waals surface area contributed by atoms with Crippen LogP contribution >= 0.6 is 0 Å². The van der Waals surface area contributed by atoms with Crippen LogP contribution in [0.5, 0.6) is 0 Å². The number of nitro groups is 1. The van der Waals surface area contributed by atoms with Gasteiger partial charge in [0, 0.05) is 23.8 Å². The van der Waals surface area contributed by atoms with Crippen molar-refractivity contribution in [3.05, 3.63) is 46.5 Å². The number of hydrogen-bond donors (Lipinski definition) is 1. The average molecular weight is 243 g/mol. The van der Waals surface area contributed by atoms with Crippen LogP contribution in [-0.4, -0.2) is 10.6 Å². The summed E-state index contributed by atoms with van der Waals surface area (Å²) in [6.45, 7) is 0. The van der Waals surface area contributed by atoms with Gasteiger partial charge in [-0.05, 0) is 24.8 Å². The SMILES string of the molecule is O=[N+]([O-])c1cccc(N/N=C2/C[C@H]3C=CC[C@@H]23)c1. The van der Waals surface area contributed by atoms with Gasteiger partial charge < -0.3 is 0 Å². The van der Waals surface area contributed by atoms with E-state index in [1.807, 2.05) is 0 Å². The average Bonchev–Trinajstić information content (AvgIpc) is 2.72. The number of benzene rings is 1. The van der Waals surface area contributed by atoms with E-state index in [1.54, 1.807) is 12.1 Å². The summed E-state index contributed by atoms with van der Waals surface area (Å²) < 4.78 is 0. The van der Waals surface area contributed by atoms with Crippen LogP contribution in [0, 0.1) is 22.0 Å². The van der Waals surface area contributed by atoms with Crippen LogP contribution in [0.2, 0.25) is 0 Å². The van der Waals surface area contributed by atoms with Crippen molar-refractivity contribution in [1.82, 2.24) is 0 Å². The molecule has 0 aromatic heterocycles. The molecular weight excluding hydrogens is 230 g/mol. The molecule has 0 unspecified atom stereocenters. The summed E-state index contributed by atoms with van der Waals surface area (Å²) in [5, 5.41) is 15.0. The van der Waals surface area contributed by atoms with Crippen molar-refractivity contribution in [2.45, 2.75) is 12.8 Å². The van der Waals surface area contributed by atoms with E-state index in [0.717, 1.165) is 18.6 Å². The Morgan fingerprint density at radius 1 is 1.44 bits per heavy atom. The van der Waals surface area contributed by atoms with E-state index >= 15 is 0 Å². The van der Waals surface area contributed by atoms with Crippen LogP contribution in [0.15, 0.2) is 41.5 Å². The Morgan fingerprint density at radius 3 is 3.11 bits per heavy atom. The molecule has 0 saturated heterocycles. The Kier molecular flexibility index (Phi) is 2.59. The fourth-order valence-electron chi connectivity index (χ4n) is 2.49. The number of rotatable bonds is 3. The Hall–Kier alpha value is -2.17. The van der Waals surface area contributed by atoms with E-state index in [2.05, 4.69) is 22.7 Å². The highest BCUT2D eigenvalue weighted by Gasteiger charge is 2.37. The fourth-order valence-corrected chi connectivity index (χ4v) is 2.49. The maximum atomic E-state index is 10.6. The molecule has 92 valence electrons. The highest BCUT2D eigenvalue weighted by molar-refractivity contribution is 5.94. The largest absolute Gasteiger partial charge is 0.278 e. The van der Waals surface area contributed by atoms with Crippen molar-refractivity contribution in [3.8, 4) is 0 Å². The summed E-state index contributed by atoms with van der Waals surface area (Å²) >= 11 is 0. The third kappa shape index (κ3) is 1.88. The van der Waals surface area contributed by atoms with Crippen LogP contribution in [0.3, 0.4) is 0 Å². The van der Waals surface area contributed by atoms with Gasteiger partial charge >= 0.3 is 0 Å². The number of fused-ring (bicyclic) bond motifs is 1. The summed E-state index contributed by atoms with van der Waals surface area (Å²) in [6, 6.07) is 6.40. The zero-order valence-electron chi connectivity index (χ0n) is 9.74. The van der Waals surface area contributed by atoms with E-state index in [0.29, 0.717) is 17.5 Å². The normalized spacial score (nSPS) is 26.8. The molecule has 5 nitrogen and oxygen atoms in total. The van der Waals surface area contributed by atoms with Crippen molar-refractivity contribution in [2.75, 3.05) is 5.43 Å². The molecule has 0 bridgehead atoms.